The zero-order valence-corrected chi connectivity index (χ0v) is 22.1. The van der Waals surface area contributed by atoms with Crippen molar-refractivity contribution in [3.63, 3.8) is 0 Å². The van der Waals surface area contributed by atoms with Crippen molar-refractivity contribution in [1.29, 1.82) is 0 Å². The molecule has 1 fully saturated rings. The number of nitrogens with zero attached hydrogens (tertiary/aromatic N) is 5. The number of halogens is 4. The maximum atomic E-state index is 16.1. The Hall–Kier alpha value is -3.74. The minimum Gasteiger partial charge on any atom is -0.348 e. The normalized spacial score (nSPS) is 16.8. The monoisotopic (exact) mass is 561 g/mol. The lowest BCUT2D eigenvalue weighted by atomic mass is 9.85. The van der Waals surface area contributed by atoms with Gasteiger partial charge in [-0.2, -0.15) is 13.2 Å². The first-order valence-electron chi connectivity index (χ1n) is 13.3. The van der Waals surface area contributed by atoms with Gasteiger partial charge in [-0.3, -0.25) is 14.3 Å². The van der Waals surface area contributed by atoms with Crippen LogP contribution in [0.3, 0.4) is 0 Å². The Morgan fingerprint density at radius 3 is 2.67 bits per heavy atom. The zero-order chi connectivity index (χ0) is 28.4. The largest absolute Gasteiger partial charge is 0.406 e. The summed E-state index contributed by atoms with van der Waals surface area (Å²) in [5, 5.41) is 11.4. The van der Waals surface area contributed by atoms with Crippen molar-refractivity contribution in [3.05, 3.63) is 53.2 Å². The Morgan fingerprint density at radius 2 is 1.98 bits per heavy atom. The first kappa shape index (κ1) is 27.8. The highest BCUT2D eigenvalue weighted by Gasteiger charge is 2.33. The summed E-state index contributed by atoms with van der Waals surface area (Å²) in [5.74, 6) is -1.46. The lowest BCUT2D eigenvalue weighted by molar-refractivity contribution is -0.138. The van der Waals surface area contributed by atoms with Gasteiger partial charge in [0.05, 0.1) is 18.3 Å². The third-order valence-corrected chi connectivity index (χ3v) is 7.53. The maximum Gasteiger partial charge on any atom is 0.406 e. The summed E-state index contributed by atoms with van der Waals surface area (Å²) in [6.45, 7) is 1.27. The van der Waals surface area contributed by atoms with Crippen molar-refractivity contribution < 1.29 is 27.2 Å². The quantitative estimate of drug-likeness (QED) is 0.429. The van der Waals surface area contributed by atoms with E-state index in [0.717, 1.165) is 38.5 Å². The summed E-state index contributed by atoms with van der Waals surface area (Å²) in [5.41, 5.74) is 1.82. The number of aromatic nitrogens is 4. The van der Waals surface area contributed by atoms with Crippen LogP contribution in [0.5, 0.6) is 0 Å². The molecule has 2 amide bonds. The van der Waals surface area contributed by atoms with E-state index >= 15 is 4.39 Å². The SMILES string of the molecule is CN(CC(F)(F)F)C(=O)c1cc2c(C3CCNCC3)cc(C3=CCCN(C(=O)CCn4ccnn4)C3)c(F)c2[nH]1. The minimum absolute atomic E-state index is 0.0818. The number of H-pyrrole nitrogens is 1. The van der Waals surface area contributed by atoms with E-state index in [2.05, 4.69) is 20.6 Å². The van der Waals surface area contributed by atoms with E-state index in [0.29, 0.717) is 40.9 Å². The van der Waals surface area contributed by atoms with Gasteiger partial charge in [-0.05, 0) is 61.5 Å². The van der Waals surface area contributed by atoms with Gasteiger partial charge in [0.15, 0.2) is 5.82 Å². The van der Waals surface area contributed by atoms with Crippen LogP contribution in [0.1, 0.15) is 53.2 Å². The number of alkyl halides is 3. The van der Waals surface area contributed by atoms with Crippen molar-refractivity contribution in [3.8, 4) is 0 Å². The molecule has 0 aliphatic carbocycles. The summed E-state index contributed by atoms with van der Waals surface area (Å²) in [6, 6.07) is 3.26. The molecule has 13 heteroatoms. The third-order valence-electron chi connectivity index (χ3n) is 7.53. The van der Waals surface area contributed by atoms with E-state index in [4.69, 9.17) is 0 Å². The van der Waals surface area contributed by atoms with Gasteiger partial charge in [-0.15, -0.1) is 5.10 Å². The summed E-state index contributed by atoms with van der Waals surface area (Å²) in [7, 11) is 1.07. The first-order valence-corrected chi connectivity index (χ1v) is 13.3. The number of amides is 2. The molecule has 2 N–H and O–H groups in total. The molecule has 40 heavy (non-hydrogen) atoms. The van der Waals surface area contributed by atoms with Crippen molar-refractivity contribution in [2.75, 3.05) is 39.8 Å². The number of hydrogen-bond donors (Lipinski definition) is 2. The lowest BCUT2D eigenvalue weighted by Crippen LogP contribution is -2.36. The fourth-order valence-electron chi connectivity index (χ4n) is 5.52. The summed E-state index contributed by atoms with van der Waals surface area (Å²) < 4.78 is 56.4. The number of carbonyl (C=O) groups is 2. The minimum atomic E-state index is -4.55. The van der Waals surface area contributed by atoms with Gasteiger partial charge in [0, 0.05) is 43.7 Å². The van der Waals surface area contributed by atoms with Crippen molar-refractivity contribution in [1.82, 2.24) is 35.1 Å². The Morgan fingerprint density at radius 1 is 1.20 bits per heavy atom. The average molecular weight is 562 g/mol. The zero-order valence-electron chi connectivity index (χ0n) is 22.1. The fraction of sp³-hybridized carbons (Fsp3) is 0.481. The molecule has 2 aliphatic rings. The van der Waals surface area contributed by atoms with Crippen molar-refractivity contribution >= 4 is 28.3 Å². The van der Waals surface area contributed by atoms with Crippen LogP contribution in [-0.2, 0) is 11.3 Å². The van der Waals surface area contributed by atoms with Gasteiger partial charge in [0.2, 0.25) is 5.91 Å². The second-order valence-corrected chi connectivity index (χ2v) is 10.3. The third kappa shape index (κ3) is 6.03. The van der Waals surface area contributed by atoms with E-state index in [1.165, 1.54) is 6.07 Å². The fourth-order valence-corrected chi connectivity index (χ4v) is 5.52. The highest BCUT2D eigenvalue weighted by atomic mass is 19.4. The van der Waals surface area contributed by atoms with Gasteiger partial charge in [0.1, 0.15) is 12.2 Å². The number of nitrogens with one attached hydrogen (secondary N) is 2. The smallest absolute Gasteiger partial charge is 0.348 e. The molecule has 0 unspecified atom stereocenters. The molecule has 2 aromatic heterocycles. The number of piperidine rings is 1. The number of aromatic amines is 1. The Kier molecular flexibility index (Phi) is 7.92. The molecule has 3 aromatic rings. The van der Waals surface area contributed by atoms with Crippen LogP contribution in [0.2, 0.25) is 0 Å². The van der Waals surface area contributed by atoms with Gasteiger partial charge in [-0.25, -0.2) is 4.39 Å². The number of fused-ring (bicyclic) bond motifs is 1. The highest BCUT2D eigenvalue weighted by Crippen LogP contribution is 2.38. The second kappa shape index (κ2) is 11.4. The topological polar surface area (TPSA) is 99.2 Å². The number of aryl methyl sites for hydroxylation is 1. The van der Waals surface area contributed by atoms with E-state index in [1.54, 1.807) is 28.0 Å². The molecule has 1 saturated heterocycles. The van der Waals surface area contributed by atoms with Crippen molar-refractivity contribution in [2.24, 2.45) is 0 Å². The lowest BCUT2D eigenvalue weighted by Gasteiger charge is -2.29. The van der Waals surface area contributed by atoms with Crippen LogP contribution >= 0.6 is 0 Å². The molecular formula is C27H31F4N7O2. The molecule has 0 radical (unpaired) electrons. The molecular weight excluding hydrogens is 530 g/mol. The van der Waals surface area contributed by atoms with Gasteiger partial charge >= 0.3 is 6.18 Å². The number of hydrogen-bond acceptors (Lipinski definition) is 5. The molecule has 1 aromatic carbocycles. The molecule has 0 spiro atoms. The molecule has 214 valence electrons. The van der Waals surface area contributed by atoms with Crippen LogP contribution in [0.4, 0.5) is 17.6 Å². The van der Waals surface area contributed by atoms with Gasteiger partial charge < -0.3 is 20.1 Å². The summed E-state index contributed by atoms with van der Waals surface area (Å²) >= 11 is 0. The maximum absolute atomic E-state index is 16.1. The predicted molar refractivity (Wildman–Crippen MR) is 140 cm³/mol. The van der Waals surface area contributed by atoms with Crippen LogP contribution in [-0.4, -0.2) is 87.5 Å². The molecule has 9 nitrogen and oxygen atoms in total. The van der Waals surface area contributed by atoms with Crippen molar-refractivity contribution in [2.45, 2.75) is 44.3 Å². The predicted octanol–water partition coefficient (Wildman–Crippen LogP) is 3.71. The molecule has 4 heterocycles. The molecule has 5 rings (SSSR count). The van der Waals surface area contributed by atoms with Crippen LogP contribution < -0.4 is 5.32 Å². The van der Waals surface area contributed by atoms with E-state index in [1.807, 2.05) is 6.08 Å². The first-order chi connectivity index (χ1) is 19.1. The van der Waals surface area contributed by atoms with Gasteiger partial charge in [0.25, 0.3) is 5.91 Å². The Labute approximate surface area is 228 Å². The Balaban J connectivity index is 1.46. The molecule has 0 atom stereocenters. The molecule has 0 saturated carbocycles. The second-order valence-electron chi connectivity index (χ2n) is 10.3. The number of carbonyl (C=O) groups excluding carboxylic acids is 2. The highest BCUT2D eigenvalue weighted by molar-refractivity contribution is 6.00. The Bertz CT molecular complexity index is 1410. The number of rotatable bonds is 7. The van der Waals surface area contributed by atoms with Gasteiger partial charge in [-0.1, -0.05) is 11.3 Å². The van der Waals surface area contributed by atoms with E-state index < -0.39 is 24.4 Å². The summed E-state index contributed by atoms with van der Waals surface area (Å²) in [4.78, 5) is 30.8. The summed E-state index contributed by atoms with van der Waals surface area (Å²) in [6.07, 6.45) is 2.97. The molecule has 2 aliphatic heterocycles. The number of benzene rings is 1. The van der Waals surface area contributed by atoms with E-state index in [-0.39, 0.29) is 36.0 Å². The van der Waals surface area contributed by atoms with Crippen LogP contribution in [0, 0.1) is 5.82 Å². The van der Waals surface area contributed by atoms with Crippen LogP contribution in [0.15, 0.2) is 30.6 Å². The molecule has 0 bridgehead atoms. The standard InChI is InChI=1S/C27H31F4N7O2/c1-36(16-27(29,30)31)26(40)22-14-21-19(17-4-7-32-8-5-17)13-20(24(28)25(21)34-22)18-3-2-10-37(15-18)23(39)6-11-38-12-9-33-35-38/h3,9,12-14,17,32,34H,2,4-8,10-11,15-16H2,1H3. The van der Waals surface area contributed by atoms with E-state index in [9.17, 15) is 22.8 Å². The van der Waals surface area contributed by atoms with Crippen LogP contribution in [0.25, 0.3) is 16.5 Å². The average Bonchev–Trinajstić information content (AvgIpc) is 3.62.